The van der Waals surface area contributed by atoms with E-state index in [4.69, 9.17) is 4.74 Å². The third-order valence-corrected chi connectivity index (χ3v) is 6.79. The van der Waals surface area contributed by atoms with Crippen molar-refractivity contribution in [3.8, 4) is 5.88 Å². The van der Waals surface area contributed by atoms with Crippen molar-refractivity contribution in [3.05, 3.63) is 62.8 Å². The number of hydrogen-bond acceptors (Lipinski definition) is 5. The third kappa shape index (κ3) is 9.62. The van der Waals surface area contributed by atoms with E-state index in [1.165, 1.54) is 45.6 Å². The molecule has 0 fully saturated rings. The van der Waals surface area contributed by atoms with E-state index < -0.39 is 17.3 Å². The van der Waals surface area contributed by atoms with E-state index in [2.05, 4.69) is 13.8 Å². The predicted molar refractivity (Wildman–Crippen MR) is 151 cm³/mol. The first-order chi connectivity index (χ1) is 18.4. The Morgan fingerprint density at radius 1 is 0.789 bits per heavy atom. The summed E-state index contributed by atoms with van der Waals surface area (Å²) in [5.74, 6) is -0.369. The van der Waals surface area contributed by atoms with Crippen molar-refractivity contribution in [2.24, 2.45) is 0 Å². The fraction of sp³-hybridized carbons (Fsp3) is 0.600. The molecule has 1 amide bonds. The van der Waals surface area contributed by atoms with Crippen LogP contribution in [-0.4, -0.2) is 46.0 Å². The smallest absolute Gasteiger partial charge is 0.342 e. The summed E-state index contributed by atoms with van der Waals surface area (Å²) in [6, 6.07) is 9.05. The van der Waals surface area contributed by atoms with Crippen LogP contribution in [0.3, 0.4) is 0 Å². The number of ketones is 1. The molecule has 0 aliphatic heterocycles. The lowest BCUT2D eigenvalue weighted by Gasteiger charge is -2.23. The lowest BCUT2D eigenvalue weighted by molar-refractivity contribution is 0.0965. The zero-order valence-corrected chi connectivity index (χ0v) is 23.5. The van der Waals surface area contributed by atoms with Gasteiger partial charge in [-0.2, -0.15) is 4.57 Å². The van der Waals surface area contributed by atoms with Crippen molar-refractivity contribution < 1.29 is 14.3 Å². The Labute approximate surface area is 226 Å². The highest BCUT2D eigenvalue weighted by Gasteiger charge is 2.23. The number of carbonyl (C=O) groups excluding carboxylic acids is 2. The van der Waals surface area contributed by atoms with Gasteiger partial charge in [0.2, 0.25) is 5.88 Å². The molecular weight excluding hydrogens is 482 g/mol. The first-order valence-electron chi connectivity index (χ1n) is 14.2. The van der Waals surface area contributed by atoms with Gasteiger partial charge in [0, 0.05) is 18.7 Å². The van der Waals surface area contributed by atoms with Crippen LogP contribution in [0, 0.1) is 0 Å². The third-order valence-electron chi connectivity index (χ3n) is 6.79. The van der Waals surface area contributed by atoms with Crippen LogP contribution in [-0.2, 0) is 6.54 Å². The number of unbranched alkanes of at least 4 members (excludes halogenated alkanes) is 10. The Morgan fingerprint density at radius 3 is 1.84 bits per heavy atom. The van der Waals surface area contributed by atoms with Crippen molar-refractivity contribution in [3.63, 3.8) is 0 Å². The Balaban J connectivity index is 2.25. The normalized spacial score (nSPS) is 10.9. The van der Waals surface area contributed by atoms with Crippen LogP contribution in [0.1, 0.15) is 101 Å². The molecule has 1 heterocycles. The monoisotopic (exact) mass is 527 g/mol. The van der Waals surface area contributed by atoms with Crippen molar-refractivity contribution in [1.82, 2.24) is 14.0 Å². The van der Waals surface area contributed by atoms with E-state index in [0.29, 0.717) is 23.2 Å². The van der Waals surface area contributed by atoms with E-state index >= 15 is 0 Å². The second kappa shape index (κ2) is 17.4. The zero-order valence-electron chi connectivity index (χ0n) is 23.5. The molecule has 1 aromatic carbocycles. The van der Waals surface area contributed by atoms with Gasteiger partial charge in [0.15, 0.2) is 5.78 Å². The van der Waals surface area contributed by atoms with Gasteiger partial charge in [0.1, 0.15) is 0 Å². The maximum atomic E-state index is 13.6. The molecule has 1 aromatic heterocycles. The molecule has 0 radical (unpaired) electrons. The standard InChI is InChI=1S/C30H45N3O5/c1-4-6-8-10-12-17-21-31(22-18-13-11-9-7-5-2)29(36)33-27(35)23-28(38-3)32(30(33)37)24-26(34)25-19-15-14-16-20-25/h14-16,19-20,23H,4-13,17-18,21-22,24H2,1-3H3. The highest BCUT2D eigenvalue weighted by atomic mass is 16.5. The van der Waals surface area contributed by atoms with E-state index in [0.717, 1.165) is 49.2 Å². The van der Waals surface area contributed by atoms with Crippen LogP contribution >= 0.6 is 0 Å². The summed E-state index contributed by atoms with van der Waals surface area (Å²) in [5, 5.41) is 0. The minimum Gasteiger partial charge on any atom is -0.482 e. The highest BCUT2D eigenvalue weighted by Crippen LogP contribution is 2.11. The molecule has 0 aliphatic carbocycles. The maximum absolute atomic E-state index is 13.6. The summed E-state index contributed by atoms with van der Waals surface area (Å²) in [7, 11) is 1.33. The molecule has 0 aliphatic rings. The molecule has 0 bridgehead atoms. The lowest BCUT2D eigenvalue weighted by Crippen LogP contribution is -2.50. The Kier molecular flexibility index (Phi) is 14.2. The van der Waals surface area contributed by atoms with Crippen LogP contribution < -0.4 is 16.0 Å². The molecule has 0 saturated carbocycles. The zero-order chi connectivity index (χ0) is 27.8. The number of aromatic nitrogens is 2. The summed E-state index contributed by atoms with van der Waals surface area (Å²) in [6.07, 6.45) is 12.9. The van der Waals surface area contributed by atoms with Gasteiger partial charge in [-0.25, -0.2) is 9.59 Å². The van der Waals surface area contributed by atoms with Gasteiger partial charge in [-0.05, 0) is 12.8 Å². The van der Waals surface area contributed by atoms with Crippen LogP contribution in [0.5, 0.6) is 5.88 Å². The van der Waals surface area contributed by atoms with E-state index in [9.17, 15) is 19.2 Å². The molecule has 2 rings (SSSR count). The summed E-state index contributed by atoms with van der Waals surface area (Å²) in [4.78, 5) is 54.4. The molecule has 0 N–H and O–H groups in total. The number of methoxy groups -OCH3 is 1. The highest BCUT2D eigenvalue weighted by molar-refractivity contribution is 5.95. The quantitative estimate of drug-likeness (QED) is 0.178. The summed E-state index contributed by atoms with van der Waals surface area (Å²) in [6.45, 7) is 4.98. The number of ether oxygens (including phenoxy) is 1. The summed E-state index contributed by atoms with van der Waals surface area (Å²) < 4.78 is 6.94. The fourth-order valence-corrected chi connectivity index (χ4v) is 4.52. The average Bonchev–Trinajstić information content (AvgIpc) is 2.92. The lowest BCUT2D eigenvalue weighted by atomic mass is 10.1. The van der Waals surface area contributed by atoms with Gasteiger partial charge >= 0.3 is 11.7 Å². The van der Waals surface area contributed by atoms with Crippen molar-refractivity contribution in [1.29, 1.82) is 0 Å². The van der Waals surface area contributed by atoms with Crippen molar-refractivity contribution in [2.45, 2.75) is 97.4 Å². The number of rotatable bonds is 18. The van der Waals surface area contributed by atoms with E-state index in [-0.39, 0.29) is 18.2 Å². The summed E-state index contributed by atoms with van der Waals surface area (Å²) >= 11 is 0. The molecule has 2 aromatic rings. The van der Waals surface area contributed by atoms with Crippen molar-refractivity contribution in [2.75, 3.05) is 20.2 Å². The first-order valence-corrected chi connectivity index (χ1v) is 14.2. The minimum atomic E-state index is -0.862. The van der Waals surface area contributed by atoms with Crippen molar-refractivity contribution >= 4 is 11.8 Å². The second-order valence-corrected chi connectivity index (χ2v) is 9.82. The number of carbonyl (C=O) groups is 2. The van der Waals surface area contributed by atoms with Crippen LogP contribution in [0.4, 0.5) is 4.79 Å². The predicted octanol–water partition coefficient (Wildman–Crippen LogP) is 5.89. The molecule has 0 unspecified atom stereocenters. The van der Waals surface area contributed by atoms with Gasteiger partial charge in [-0.3, -0.25) is 14.2 Å². The first kappa shape index (κ1) is 31.1. The molecule has 0 atom stereocenters. The number of amides is 1. The topological polar surface area (TPSA) is 90.6 Å². The number of benzene rings is 1. The molecule has 210 valence electrons. The number of nitrogens with zero attached hydrogens (tertiary/aromatic N) is 3. The Bertz CT molecular complexity index is 1090. The molecule has 8 heteroatoms. The molecule has 0 saturated heterocycles. The number of Topliss-reactive ketones (excluding diaryl/α,β-unsaturated/α-hetero) is 1. The molecule has 8 nitrogen and oxygen atoms in total. The molecular formula is C30H45N3O5. The van der Waals surface area contributed by atoms with Gasteiger partial charge in [0.25, 0.3) is 5.56 Å². The van der Waals surface area contributed by atoms with Gasteiger partial charge in [-0.15, -0.1) is 0 Å². The van der Waals surface area contributed by atoms with Gasteiger partial charge in [0.05, 0.1) is 19.7 Å². The largest absolute Gasteiger partial charge is 0.482 e. The van der Waals surface area contributed by atoms with Crippen LogP contribution in [0.25, 0.3) is 0 Å². The Hall–Kier alpha value is -3.16. The van der Waals surface area contributed by atoms with Crippen LogP contribution in [0.2, 0.25) is 0 Å². The molecule has 0 spiro atoms. The summed E-state index contributed by atoms with van der Waals surface area (Å²) in [5.41, 5.74) is -1.19. The average molecular weight is 528 g/mol. The maximum Gasteiger partial charge on any atom is 0.342 e. The van der Waals surface area contributed by atoms with E-state index in [1.807, 2.05) is 0 Å². The van der Waals surface area contributed by atoms with E-state index in [1.54, 1.807) is 35.2 Å². The number of hydrogen-bond donors (Lipinski definition) is 0. The second-order valence-electron chi connectivity index (χ2n) is 9.82. The van der Waals surface area contributed by atoms with Gasteiger partial charge < -0.3 is 9.64 Å². The fourth-order valence-electron chi connectivity index (χ4n) is 4.52. The van der Waals surface area contributed by atoms with Crippen LogP contribution in [0.15, 0.2) is 46.0 Å². The SMILES string of the molecule is CCCCCCCCN(CCCCCCCC)C(=O)n1c(=O)cc(OC)n(CC(=O)c2ccccc2)c1=O. The molecule has 38 heavy (non-hydrogen) atoms. The minimum absolute atomic E-state index is 0.0493. The van der Waals surface area contributed by atoms with Gasteiger partial charge in [-0.1, -0.05) is 108 Å². The Morgan fingerprint density at radius 2 is 1.32 bits per heavy atom.